The molecule has 2 aromatic carbocycles. The second-order valence-electron chi connectivity index (χ2n) is 4.21. The van der Waals surface area contributed by atoms with E-state index in [9.17, 15) is 8.78 Å². The predicted octanol–water partition coefficient (Wildman–Crippen LogP) is 5.25. The van der Waals surface area contributed by atoms with Gasteiger partial charge in [-0.1, -0.05) is 48.0 Å². The van der Waals surface area contributed by atoms with Crippen molar-refractivity contribution in [2.24, 2.45) is 0 Å². The summed E-state index contributed by atoms with van der Waals surface area (Å²) in [6, 6.07) is 12.4. The quantitative estimate of drug-likeness (QED) is 0.684. The minimum absolute atomic E-state index is 0.0885. The minimum Gasteiger partial charge on any atom is -0.487 e. The van der Waals surface area contributed by atoms with Crippen LogP contribution in [-0.4, -0.2) is 6.61 Å². The van der Waals surface area contributed by atoms with Crippen LogP contribution in [0.25, 0.3) is 0 Å². The number of rotatable bonds is 5. The van der Waals surface area contributed by atoms with Gasteiger partial charge in [0.15, 0.2) is 6.61 Å². The van der Waals surface area contributed by atoms with Crippen molar-refractivity contribution in [3.05, 3.63) is 64.7 Å². The smallest absolute Gasteiger partial charge is 0.306 e. The van der Waals surface area contributed by atoms with Crippen molar-refractivity contribution >= 4 is 23.2 Å². The summed E-state index contributed by atoms with van der Waals surface area (Å²) in [7, 11) is 0. The molecule has 0 atom stereocenters. The Morgan fingerprint density at radius 1 is 1.00 bits per heavy atom. The highest BCUT2D eigenvalue weighted by molar-refractivity contribution is 6.32. The third-order valence-corrected chi connectivity index (χ3v) is 3.44. The zero-order valence-corrected chi connectivity index (χ0v) is 12.0. The Balaban J connectivity index is 2.15. The highest BCUT2D eigenvalue weighted by atomic mass is 35.5. The Labute approximate surface area is 126 Å². The lowest BCUT2D eigenvalue weighted by Gasteiger charge is -2.19. The Bertz CT molecular complexity index is 573. The van der Waals surface area contributed by atoms with Gasteiger partial charge in [-0.15, -0.1) is 11.6 Å². The molecule has 2 rings (SSSR count). The van der Waals surface area contributed by atoms with Gasteiger partial charge in [-0.05, 0) is 12.1 Å². The molecule has 0 aliphatic rings. The van der Waals surface area contributed by atoms with Crippen molar-refractivity contribution in [1.29, 1.82) is 0 Å². The number of ether oxygens (including phenoxy) is 1. The molecule has 0 amide bonds. The predicted molar refractivity (Wildman–Crippen MR) is 76.8 cm³/mol. The fourth-order valence-electron chi connectivity index (χ4n) is 1.74. The normalized spacial score (nSPS) is 11.4. The van der Waals surface area contributed by atoms with Crippen LogP contribution in [0.4, 0.5) is 8.78 Å². The first kappa shape index (κ1) is 15.1. The van der Waals surface area contributed by atoms with Gasteiger partial charge in [0, 0.05) is 16.1 Å². The van der Waals surface area contributed by atoms with Gasteiger partial charge in [0.25, 0.3) is 0 Å². The molecule has 2 aromatic rings. The lowest BCUT2D eigenvalue weighted by Crippen LogP contribution is -2.23. The van der Waals surface area contributed by atoms with Crippen molar-refractivity contribution in [2.75, 3.05) is 6.61 Å². The molecule has 0 aliphatic carbocycles. The topological polar surface area (TPSA) is 9.23 Å². The highest BCUT2D eigenvalue weighted by Crippen LogP contribution is 2.32. The lowest BCUT2D eigenvalue weighted by molar-refractivity contribution is -0.0468. The number of hydrogen-bond donors (Lipinski definition) is 0. The lowest BCUT2D eigenvalue weighted by atomic mass is 10.1. The third-order valence-electron chi connectivity index (χ3n) is 2.81. The average Bonchev–Trinajstić information content (AvgIpc) is 2.46. The van der Waals surface area contributed by atoms with Crippen LogP contribution in [0.3, 0.4) is 0 Å². The van der Waals surface area contributed by atoms with E-state index in [1.165, 1.54) is 12.1 Å². The third kappa shape index (κ3) is 3.41. The molecule has 106 valence electrons. The number of hydrogen-bond acceptors (Lipinski definition) is 1. The first-order valence-corrected chi connectivity index (χ1v) is 6.85. The molecule has 0 aromatic heterocycles. The van der Waals surface area contributed by atoms with Crippen molar-refractivity contribution in [1.82, 2.24) is 0 Å². The molecule has 1 nitrogen and oxygen atoms in total. The van der Waals surface area contributed by atoms with E-state index < -0.39 is 12.5 Å². The van der Waals surface area contributed by atoms with Gasteiger partial charge in [-0.3, -0.25) is 0 Å². The summed E-state index contributed by atoms with van der Waals surface area (Å²) in [5.74, 6) is -2.69. The first-order chi connectivity index (χ1) is 9.54. The van der Waals surface area contributed by atoms with Gasteiger partial charge in [0.05, 0.1) is 5.88 Å². The number of benzene rings is 2. The van der Waals surface area contributed by atoms with E-state index in [0.717, 1.165) is 0 Å². The van der Waals surface area contributed by atoms with E-state index in [1.54, 1.807) is 36.4 Å². The van der Waals surface area contributed by atoms with Crippen molar-refractivity contribution in [3.8, 4) is 5.75 Å². The second-order valence-corrected chi connectivity index (χ2v) is 4.88. The van der Waals surface area contributed by atoms with Gasteiger partial charge in [0.1, 0.15) is 5.75 Å². The Morgan fingerprint density at radius 2 is 1.70 bits per heavy atom. The maximum absolute atomic E-state index is 14.0. The highest BCUT2D eigenvalue weighted by Gasteiger charge is 2.32. The average molecular weight is 317 g/mol. The molecular weight excluding hydrogens is 305 g/mol. The fraction of sp³-hybridized carbons (Fsp3) is 0.200. The molecule has 0 unspecified atom stereocenters. The maximum atomic E-state index is 14.0. The van der Waals surface area contributed by atoms with E-state index >= 15 is 0 Å². The second kappa shape index (κ2) is 6.42. The van der Waals surface area contributed by atoms with Gasteiger partial charge in [0.2, 0.25) is 0 Å². The molecule has 0 heterocycles. The molecule has 0 N–H and O–H groups in total. The number of alkyl halides is 3. The van der Waals surface area contributed by atoms with Gasteiger partial charge in [-0.25, -0.2) is 0 Å². The van der Waals surface area contributed by atoms with Gasteiger partial charge < -0.3 is 4.74 Å². The fourth-order valence-corrected chi connectivity index (χ4v) is 2.31. The van der Waals surface area contributed by atoms with Crippen LogP contribution < -0.4 is 4.74 Å². The van der Waals surface area contributed by atoms with Crippen LogP contribution in [0.5, 0.6) is 5.75 Å². The standard InChI is InChI=1S/C15H12Cl2F2O/c16-9-12-13(17)7-4-8-14(12)20-10-15(18,19)11-5-2-1-3-6-11/h1-8H,9-10H2. The van der Waals surface area contributed by atoms with Crippen LogP contribution in [0.15, 0.2) is 48.5 Å². The van der Waals surface area contributed by atoms with Crippen LogP contribution in [0, 0.1) is 0 Å². The van der Waals surface area contributed by atoms with Crippen LogP contribution >= 0.6 is 23.2 Å². The summed E-state index contributed by atoms with van der Waals surface area (Å²) in [6.45, 7) is -0.763. The first-order valence-electron chi connectivity index (χ1n) is 5.94. The molecule has 0 spiro atoms. The Kier molecular flexibility index (Phi) is 4.84. The van der Waals surface area contributed by atoms with E-state index in [4.69, 9.17) is 27.9 Å². The molecule has 0 radical (unpaired) electrons. The Hall–Kier alpha value is -1.32. The molecule has 0 fully saturated rings. The zero-order chi connectivity index (χ0) is 14.6. The number of halogens is 4. The monoisotopic (exact) mass is 316 g/mol. The molecule has 20 heavy (non-hydrogen) atoms. The van der Waals surface area contributed by atoms with Crippen LogP contribution in [-0.2, 0) is 11.8 Å². The van der Waals surface area contributed by atoms with E-state index in [1.807, 2.05) is 0 Å². The van der Waals surface area contributed by atoms with Crippen molar-refractivity contribution < 1.29 is 13.5 Å². The molecule has 0 saturated heterocycles. The summed E-state index contributed by atoms with van der Waals surface area (Å²) < 4.78 is 33.2. The van der Waals surface area contributed by atoms with E-state index in [-0.39, 0.29) is 17.2 Å². The summed E-state index contributed by atoms with van der Waals surface area (Å²) in [4.78, 5) is 0. The van der Waals surface area contributed by atoms with Crippen molar-refractivity contribution in [2.45, 2.75) is 11.8 Å². The molecule has 5 heteroatoms. The van der Waals surface area contributed by atoms with Crippen LogP contribution in [0.2, 0.25) is 5.02 Å². The molecule has 0 saturated carbocycles. The van der Waals surface area contributed by atoms with Crippen molar-refractivity contribution in [3.63, 3.8) is 0 Å². The largest absolute Gasteiger partial charge is 0.487 e. The molecular formula is C15H12Cl2F2O. The summed E-state index contributed by atoms with van der Waals surface area (Å²) in [5.41, 5.74) is 0.425. The maximum Gasteiger partial charge on any atom is 0.306 e. The Morgan fingerprint density at radius 3 is 2.35 bits per heavy atom. The SMILES string of the molecule is FC(F)(COc1cccc(Cl)c1CCl)c1ccccc1. The minimum atomic E-state index is -3.08. The van der Waals surface area contributed by atoms with Gasteiger partial charge in [-0.2, -0.15) is 8.78 Å². The van der Waals surface area contributed by atoms with Crippen LogP contribution in [0.1, 0.15) is 11.1 Å². The van der Waals surface area contributed by atoms with E-state index in [2.05, 4.69) is 0 Å². The van der Waals surface area contributed by atoms with E-state index in [0.29, 0.717) is 10.6 Å². The van der Waals surface area contributed by atoms with Gasteiger partial charge >= 0.3 is 5.92 Å². The summed E-state index contributed by atoms with van der Waals surface area (Å²) in [5, 5.41) is 0.403. The zero-order valence-electron chi connectivity index (χ0n) is 10.5. The molecule has 0 bridgehead atoms. The molecule has 0 aliphatic heterocycles. The summed E-state index contributed by atoms with van der Waals surface area (Å²) in [6.07, 6.45) is 0. The summed E-state index contributed by atoms with van der Waals surface area (Å²) >= 11 is 11.7.